The molecule has 2 aromatic rings. The van der Waals surface area contributed by atoms with Crippen LogP contribution in [0.4, 0.5) is 11.4 Å². The predicted octanol–water partition coefficient (Wildman–Crippen LogP) is 3.44. The number of sulfonamides is 1. The zero-order valence-electron chi connectivity index (χ0n) is 15.6. The summed E-state index contributed by atoms with van der Waals surface area (Å²) in [6, 6.07) is 12.3. The Morgan fingerprint density at radius 2 is 1.89 bits per heavy atom. The number of aryl methyl sites for hydroxylation is 1. The van der Waals surface area contributed by atoms with Gasteiger partial charge in [-0.05, 0) is 74.7 Å². The second-order valence-electron chi connectivity index (χ2n) is 6.33. The molecule has 6 nitrogen and oxygen atoms in total. The number of carbonyl (C=O) groups is 1. The summed E-state index contributed by atoms with van der Waals surface area (Å²) in [6.07, 6.45) is 1.56. The van der Waals surface area contributed by atoms with Crippen LogP contribution in [-0.4, -0.2) is 33.2 Å². The molecule has 3 rings (SSSR count). The summed E-state index contributed by atoms with van der Waals surface area (Å²) >= 11 is 0. The molecule has 7 heteroatoms. The SMILES string of the molecule is CCOc1ccc(C(=O)Nc2ccc3c(c2)CCCN3S(=O)(=O)CC)cc1. The molecule has 0 fully saturated rings. The van der Waals surface area contributed by atoms with Gasteiger partial charge in [-0.3, -0.25) is 9.10 Å². The molecule has 2 aromatic carbocycles. The van der Waals surface area contributed by atoms with Gasteiger partial charge in [0.1, 0.15) is 5.75 Å². The smallest absolute Gasteiger partial charge is 0.255 e. The van der Waals surface area contributed by atoms with Gasteiger partial charge >= 0.3 is 0 Å². The van der Waals surface area contributed by atoms with Gasteiger partial charge in [-0.15, -0.1) is 0 Å². The molecule has 0 atom stereocenters. The van der Waals surface area contributed by atoms with Gasteiger partial charge in [0.15, 0.2) is 0 Å². The molecule has 0 saturated heterocycles. The number of ether oxygens (including phenoxy) is 1. The van der Waals surface area contributed by atoms with Crippen LogP contribution in [0.3, 0.4) is 0 Å². The first-order chi connectivity index (χ1) is 12.9. The van der Waals surface area contributed by atoms with Gasteiger partial charge in [-0.2, -0.15) is 0 Å². The fourth-order valence-electron chi connectivity index (χ4n) is 3.16. The van der Waals surface area contributed by atoms with Crippen molar-refractivity contribution >= 4 is 27.3 Å². The van der Waals surface area contributed by atoms with Crippen LogP contribution in [0.25, 0.3) is 0 Å². The van der Waals surface area contributed by atoms with Crippen molar-refractivity contribution in [2.45, 2.75) is 26.7 Å². The lowest BCUT2D eigenvalue weighted by atomic mass is 10.0. The van der Waals surface area contributed by atoms with Crippen LogP contribution in [0.2, 0.25) is 0 Å². The number of nitrogens with zero attached hydrogens (tertiary/aromatic N) is 1. The highest BCUT2D eigenvalue weighted by Gasteiger charge is 2.26. The normalized spacial score (nSPS) is 13.8. The van der Waals surface area contributed by atoms with Crippen LogP contribution < -0.4 is 14.4 Å². The Kier molecular flexibility index (Phi) is 5.70. The van der Waals surface area contributed by atoms with Gasteiger partial charge in [0.2, 0.25) is 10.0 Å². The molecule has 27 heavy (non-hydrogen) atoms. The number of nitrogens with one attached hydrogen (secondary N) is 1. The number of rotatable bonds is 6. The van der Waals surface area contributed by atoms with Crippen molar-refractivity contribution in [1.82, 2.24) is 0 Å². The van der Waals surface area contributed by atoms with E-state index in [1.807, 2.05) is 13.0 Å². The lowest BCUT2D eigenvalue weighted by Gasteiger charge is -2.30. The van der Waals surface area contributed by atoms with Gasteiger partial charge in [0.05, 0.1) is 18.0 Å². The third kappa shape index (κ3) is 4.24. The highest BCUT2D eigenvalue weighted by Crippen LogP contribution is 2.32. The number of carbonyl (C=O) groups excluding carboxylic acids is 1. The van der Waals surface area contributed by atoms with Crippen molar-refractivity contribution in [3.63, 3.8) is 0 Å². The van der Waals surface area contributed by atoms with E-state index in [1.54, 1.807) is 43.3 Å². The largest absolute Gasteiger partial charge is 0.494 e. The summed E-state index contributed by atoms with van der Waals surface area (Å²) in [7, 11) is -3.29. The van der Waals surface area contributed by atoms with E-state index in [0.29, 0.717) is 30.1 Å². The first-order valence-electron chi connectivity index (χ1n) is 9.12. The molecule has 1 amide bonds. The lowest BCUT2D eigenvalue weighted by Crippen LogP contribution is -2.36. The molecule has 1 heterocycles. The number of benzene rings is 2. The Balaban J connectivity index is 1.78. The van der Waals surface area contributed by atoms with E-state index in [9.17, 15) is 13.2 Å². The maximum Gasteiger partial charge on any atom is 0.255 e. The van der Waals surface area contributed by atoms with Crippen LogP contribution in [0.1, 0.15) is 36.2 Å². The highest BCUT2D eigenvalue weighted by atomic mass is 32.2. The standard InChI is InChI=1S/C20H24N2O4S/c1-3-26-18-10-7-15(8-11-18)20(23)21-17-9-12-19-16(14-17)6-5-13-22(19)27(24,25)4-2/h7-12,14H,3-6,13H2,1-2H3,(H,21,23). The molecule has 0 aromatic heterocycles. The molecule has 1 aliphatic rings. The molecular formula is C20H24N2O4S. The first-order valence-corrected chi connectivity index (χ1v) is 10.7. The average Bonchev–Trinajstić information content (AvgIpc) is 2.68. The van der Waals surface area contributed by atoms with E-state index >= 15 is 0 Å². The third-order valence-corrected chi connectivity index (χ3v) is 6.32. The molecule has 144 valence electrons. The van der Waals surface area contributed by atoms with Crippen LogP contribution in [0.5, 0.6) is 5.75 Å². The van der Waals surface area contributed by atoms with Crippen LogP contribution in [0, 0.1) is 0 Å². The number of amides is 1. The van der Waals surface area contributed by atoms with Crippen LogP contribution in [-0.2, 0) is 16.4 Å². The lowest BCUT2D eigenvalue weighted by molar-refractivity contribution is 0.102. The van der Waals surface area contributed by atoms with Crippen molar-refractivity contribution in [2.75, 3.05) is 28.5 Å². The minimum absolute atomic E-state index is 0.0721. The van der Waals surface area contributed by atoms with Crippen LogP contribution in [0.15, 0.2) is 42.5 Å². The van der Waals surface area contributed by atoms with E-state index in [4.69, 9.17) is 4.74 Å². The topological polar surface area (TPSA) is 75.7 Å². The molecule has 0 spiro atoms. The second-order valence-corrected chi connectivity index (χ2v) is 8.51. The zero-order valence-corrected chi connectivity index (χ0v) is 16.4. The molecule has 0 saturated carbocycles. The quantitative estimate of drug-likeness (QED) is 0.822. The van der Waals surface area contributed by atoms with Crippen molar-refractivity contribution < 1.29 is 17.9 Å². The summed E-state index contributed by atoms with van der Waals surface area (Å²) in [5, 5.41) is 2.88. The minimum Gasteiger partial charge on any atom is -0.494 e. The summed E-state index contributed by atoms with van der Waals surface area (Å²) < 4.78 is 31.4. The van der Waals surface area contributed by atoms with Crippen LogP contribution >= 0.6 is 0 Å². The van der Waals surface area contributed by atoms with Crippen molar-refractivity contribution in [3.8, 4) is 5.75 Å². The van der Waals surface area contributed by atoms with E-state index < -0.39 is 10.0 Å². The molecule has 1 aliphatic heterocycles. The van der Waals surface area contributed by atoms with Crippen molar-refractivity contribution in [1.29, 1.82) is 0 Å². The fourth-order valence-corrected chi connectivity index (χ4v) is 4.35. The number of anilines is 2. The monoisotopic (exact) mass is 388 g/mol. The zero-order chi connectivity index (χ0) is 19.4. The predicted molar refractivity (Wildman–Crippen MR) is 107 cm³/mol. The Bertz CT molecular complexity index is 923. The maximum absolute atomic E-state index is 12.5. The van der Waals surface area contributed by atoms with Gasteiger partial charge < -0.3 is 10.1 Å². The van der Waals surface area contributed by atoms with Gasteiger partial charge in [0.25, 0.3) is 5.91 Å². The van der Waals surface area contributed by atoms with Gasteiger partial charge in [0, 0.05) is 17.8 Å². The van der Waals surface area contributed by atoms with E-state index in [1.165, 1.54) is 4.31 Å². The average molecular weight is 388 g/mol. The first kappa shape index (κ1) is 19.2. The van der Waals surface area contributed by atoms with Crippen molar-refractivity contribution in [2.24, 2.45) is 0 Å². The summed E-state index contributed by atoms with van der Waals surface area (Å²) in [5.41, 5.74) is 2.83. The van der Waals surface area contributed by atoms with Gasteiger partial charge in [-0.1, -0.05) is 0 Å². The molecule has 0 radical (unpaired) electrons. The Morgan fingerprint density at radius 1 is 1.15 bits per heavy atom. The number of hydrogen-bond acceptors (Lipinski definition) is 4. The summed E-state index contributed by atoms with van der Waals surface area (Å²) in [5.74, 6) is 0.578. The Hall–Kier alpha value is -2.54. The maximum atomic E-state index is 12.5. The molecular weight excluding hydrogens is 364 g/mol. The third-order valence-electron chi connectivity index (χ3n) is 4.54. The second kappa shape index (κ2) is 8.00. The molecule has 0 aliphatic carbocycles. The number of hydrogen-bond donors (Lipinski definition) is 1. The molecule has 0 unspecified atom stereocenters. The van der Waals surface area contributed by atoms with E-state index in [2.05, 4.69) is 5.32 Å². The minimum atomic E-state index is -3.29. The molecule has 1 N–H and O–H groups in total. The fraction of sp³-hybridized carbons (Fsp3) is 0.350. The summed E-state index contributed by atoms with van der Waals surface area (Å²) in [4.78, 5) is 12.5. The number of fused-ring (bicyclic) bond motifs is 1. The summed E-state index contributed by atoms with van der Waals surface area (Å²) in [6.45, 7) is 4.63. The van der Waals surface area contributed by atoms with E-state index in [0.717, 1.165) is 24.2 Å². The van der Waals surface area contributed by atoms with E-state index in [-0.39, 0.29) is 11.7 Å². The van der Waals surface area contributed by atoms with Gasteiger partial charge in [-0.25, -0.2) is 8.42 Å². The highest BCUT2D eigenvalue weighted by molar-refractivity contribution is 7.92. The molecule has 0 bridgehead atoms. The Labute approximate surface area is 160 Å². The van der Waals surface area contributed by atoms with Crippen molar-refractivity contribution in [3.05, 3.63) is 53.6 Å². The Morgan fingerprint density at radius 3 is 2.56 bits per heavy atom.